The van der Waals surface area contributed by atoms with Gasteiger partial charge in [-0.2, -0.15) is 0 Å². The number of ether oxygens (including phenoxy) is 1. The van der Waals surface area contributed by atoms with Crippen LogP contribution in [0.25, 0.3) is 0 Å². The number of aromatic nitrogens is 1. The number of urea groups is 1. The first-order valence-electron chi connectivity index (χ1n) is 13.5. The molecule has 4 heterocycles. The highest BCUT2D eigenvalue weighted by molar-refractivity contribution is 7.11. The summed E-state index contributed by atoms with van der Waals surface area (Å²) in [7, 11) is 1.27. The lowest BCUT2D eigenvalue weighted by Crippen LogP contribution is -2.50. The molecule has 2 fully saturated rings. The van der Waals surface area contributed by atoms with Crippen LogP contribution in [0.1, 0.15) is 35.9 Å². The number of thiazole rings is 1. The molecule has 1 saturated heterocycles. The van der Waals surface area contributed by atoms with E-state index in [-0.39, 0.29) is 35.6 Å². The molecule has 0 spiro atoms. The molecule has 2 N–H and O–H groups in total. The molecule has 1 saturated carbocycles. The number of halogens is 2. The van der Waals surface area contributed by atoms with E-state index in [9.17, 15) is 23.9 Å². The molecule has 14 heteroatoms. The Morgan fingerprint density at radius 2 is 2.12 bits per heavy atom. The summed E-state index contributed by atoms with van der Waals surface area (Å²) in [5, 5.41) is 15.7. The van der Waals surface area contributed by atoms with Crippen LogP contribution >= 0.6 is 22.9 Å². The van der Waals surface area contributed by atoms with E-state index in [0.29, 0.717) is 40.9 Å². The number of aliphatic imine (C=N–C) groups is 1. The Kier molecular flexibility index (Phi) is 7.62. The van der Waals surface area contributed by atoms with Crippen molar-refractivity contribution in [1.29, 1.82) is 0 Å². The van der Waals surface area contributed by atoms with Crippen LogP contribution in [0.5, 0.6) is 0 Å². The molecule has 1 aromatic carbocycles. The van der Waals surface area contributed by atoms with Crippen molar-refractivity contribution < 1.29 is 28.6 Å². The summed E-state index contributed by atoms with van der Waals surface area (Å²) in [5.74, 6) is -1.73. The monoisotopic (exact) mass is 614 g/mol. The SMILES string of the molecule is COC(=O)C1=C(CN2C=C3CN(C(C(=O)O)C4CCC4)C(=O)N3CC2)NC(c2nccs2)=NC1c1ccc(F)cc1Cl. The summed E-state index contributed by atoms with van der Waals surface area (Å²) >= 11 is 7.80. The summed E-state index contributed by atoms with van der Waals surface area (Å²) in [6.07, 6.45) is 6.04. The predicted molar refractivity (Wildman–Crippen MR) is 152 cm³/mol. The second kappa shape index (κ2) is 11.4. The first-order chi connectivity index (χ1) is 20.2. The minimum absolute atomic E-state index is 0.0393. The zero-order valence-corrected chi connectivity index (χ0v) is 24.2. The Morgan fingerprint density at radius 1 is 1.31 bits per heavy atom. The number of esters is 1. The Labute approximate surface area is 249 Å². The van der Waals surface area contributed by atoms with E-state index in [4.69, 9.17) is 21.3 Å². The van der Waals surface area contributed by atoms with Crippen molar-refractivity contribution in [2.75, 3.05) is 33.3 Å². The number of carbonyl (C=O) groups excluding carboxylic acids is 2. The quantitative estimate of drug-likeness (QED) is 0.432. The minimum Gasteiger partial charge on any atom is -0.480 e. The second-order valence-electron chi connectivity index (χ2n) is 10.5. The van der Waals surface area contributed by atoms with Crippen molar-refractivity contribution in [2.45, 2.75) is 31.3 Å². The lowest BCUT2D eigenvalue weighted by atomic mass is 9.79. The number of carboxylic acid groups (broad SMARTS) is 1. The summed E-state index contributed by atoms with van der Waals surface area (Å²) in [6, 6.07) is 1.89. The van der Waals surface area contributed by atoms with Crippen molar-refractivity contribution in [3.05, 3.63) is 74.4 Å². The third kappa shape index (κ3) is 5.11. The molecule has 6 rings (SSSR count). The maximum absolute atomic E-state index is 13.9. The first-order valence-corrected chi connectivity index (χ1v) is 14.8. The molecule has 1 aliphatic carbocycles. The number of amides is 2. The van der Waals surface area contributed by atoms with Gasteiger partial charge in [-0.25, -0.2) is 23.8 Å². The van der Waals surface area contributed by atoms with E-state index in [1.54, 1.807) is 16.5 Å². The third-order valence-electron chi connectivity index (χ3n) is 8.07. The number of fused-ring (bicyclic) bond motifs is 1. The normalized spacial score (nSPS) is 21.4. The van der Waals surface area contributed by atoms with Crippen LogP contribution in [0.2, 0.25) is 5.02 Å². The summed E-state index contributed by atoms with van der Waals surface area (Å²) in [5.41, 5.74) is 1.84. The predicted octanol–water partition coefficient (Wildman–Crippen LogP) is 3.60. The van der Waals surface area contributed by atoms with E-state index < -0.39 is 29.8 Å². The number of nitrogens with zero attached hydrogens (tertiary/aromatic N) is 5. The fraction of sp³-hybridized carbons (Fsp3) is 0.393. The lowest BCUT2D eigenvalue weighted by molar-refractivity contribution is -0.145. The average Bonchev–Trinajstić information content (AvgIpc) is 3.58. The molecule has 3 aliphatic heterocycles. The van der Waals surface area contributed by atoms with E-state index in [2.05, 4.69) is 10.3 Å². The molecule has 2 aromatic rings. The van der Waals surface area contributed by atoms with Crippen LogP contribution in [0.3, 0.4) is 0 Å². The van der Waals surface area contributed by atoms with Crippen LogP contribution in [-0.2, 0) is 14.3 Å². The van der Waals surface area contributed by atoms with Gasteiger partial charge in [0, 0.05) is 47.1 Å². The number of hydrogen-bond acceptors (Lipinski definition) is 9. The van der Waals surface area contributed by atoms with Gasteiger partial charge in [-0.1, -0.05) is 24.1 Å². The standard InChI is InChI=1S/C28H28ClFN6O5S/c1-41-27(39)21-20(32-24(25-31-7-10-42-25)33-22(21)18-6-5-16(30)11-19(18)29)14-34-8-9-35-17(12-34)13-36(28(35)40)23(26(37)38)15-3-2-4-15/h5-7,10-12,15,22-23H,2-4,8-9,13-14H2,1H3,(H,32,33)(H,37,38). The second-order valence-corrected chi connectivity index (χ2v) is 11.8. The zero-order chi connectivity index (χ0) is 29.5. The van der Waals surface area contributed by atoms with E-state index in [0.717, 1.165) is 19.3 Å². The molecule has 2 atom stereocenters. The van der Waals surface area contributed by atoms with Gasteiger partial charge in [-0.15, -0.1) is 11.3 Å². The minimum atomic E-state index is -0.982. The molecule has 4 aliphatic rings. The Morgan fingerprint density at radius 3 is 2.76 bits per heavy atom. The summed E-state index contributed by atoms with van der Waals surface area (Å²) in [6.45, 7) is 1.22. The third-order valence-corrected chi connectivity index (χ3v) is 9.17. The number of methoxy groups -OCH3 is 1. The van der Waals surface area contributed by atoms with Crippen LogP contribution in [-0.4, -0.2) is 87.9 Å². The number of amidine groups is 1. The number of benzene rings is 1. The maximum atomic E-state index is 13.9. The van der Waals surface area contributed by atoms with Gasteiger partial charge in [-0.3, -0.25) is 9.89 Å². The number of rotatable bonds is 8. The van der Waals surface area contributed by atoms with Crippen LogP contribution < -0.4 is 5.32 Å². The molecule has 2 unspecified atom stereocenters. The van der Waals surface area contributed by atoms with Crippen molar-refractivity contribution in [2.24, 2.45) is 10.9 Å². The van der Waals surface area contributed by atoms with Gasteiger partial charge in [0.15, 0.2) is 10.8 Å². The fourth-order valence-corrected chi connectivity index (χ4v) is 6.68. The number of carboxylic acids is 1. The smallest absolute Gasteiger partial charge is 0.338 e. The average molecular weight is 615 g/mol. The molecular weight excluding hydrogens is 587 g/mol. The molecule has 11 nitrogen and oxygen atoms in total. The highest BCUT2D eigenvalue weighted by Gasteiger charge is 2.46. The Bertz CT molecular complexity index is 1520. The number of nitrogens with one attached hydrogen (secondary N) is 1. The van der Waals surface area contributed by atoms with Gasteiger partial charge < -0.3 is 25.0 Å². The van der Waals surface area contributed by atoms with Gasteiger partial charge in [0.2, 0.25) is 0 Å². The van der Waals surface area contributed by atoms with Gasteiger partial charge in [0.25, 0.3) is 0 Å². The molecule has 0 radical (unpaired) electrons. The molecule has 1 aromatic heterocycles. The zero-order valence-electron chi connectivity index (χ0n) is 22.6. The van der Waals surface area contributed by atoms with Gasteiger partial charge in [0.05, 0.1) is 31.5 Å². The molecule has 220 valence electrons. The van der Waals surface area contributed by atoms with E-state index in [1.807, 2.05) is 11.1 Å². The van der Waals surface area contributed by atoms with Gasteiger partial charge in [-0.05, 0) is 30.9 Å². The first kappa shape index (κ1) is 28.2. The number of carbonyl (C=O) groups is 3. The number of aliphatic carboxylic acids is 1. The van der Waals surface area contributed by atoms with Gasteiger partial charge >= 0.3 is 18.0 Å². The highest BCUT2D eigenvalue weighted by atomic mass is 35.5. The molecule has 42 heavy (non-hydrogen) atoms. The van der Waals surface area contributed by atoms with Crippen molar-refractivity contribution >= 4 is 46.7 Å². The summed E-state index contributed by atoms with van der Waals surface area (Å²) in [4.78, 5) is 52.7. The Hall–Kier alpha value is -3.97. The number of hydrogen-bond donors (Lipinski definition) is 2. The van der Waals surface area contributed by atoms with E-state index >= 15 is 0 Å². The highest BCUT2D eigenvalue weighted by Crippen LogP contribution is 2.38. The fourth-order valence-electron chi connectivity index (χ4n) is 5.82. The lowest BCUT2D eigenvalue weighted by Gasteiger charge is -2.36. The molecular formula is C28H28ClFN6O5S. The molecule has 0 bridgehead atoms. The van der Waals surface area contributed by atoms with Crippen LogP contribution in [0.15, 0.2) is 57.9 Å². The van der Waals surface area contributed by atoms with Crippen molar-refractivity contribution in [1.82, 2.24) is 25.0 Å². The van der Waals surface area contributed by atoms with Crippen LogP contribution in [0.4, 0.5) is 9.18 Å². The van der Waals surface area contributed by atoms with Crippen LogP contribution in [0, 0.1) is 11.7 Å². The Balaban J connectivity index is 1.34. The van der Waals surface area contributed by atoms with Crippen molar-refractivity contribution in [3.8, 4) is 0 Å². The summed E-state index contributed by atoms with van der Waals surface area (Å²) < 4.78 is 19.1. The topological polar surface area (TPSA) is 128 Å². The van der Waals surface area contributed by atoms with Gasteiger partial charge in [0.1, 0.15) is 17.9 Å². The van der Waals surface area contributed by atoms with E-state index in [1.165, 1.54) is 41.5 Å². The maximum Gasteiger partial charge on any atom is 0.338 e. The van der Waals surface area contributed by atoms with Crippen molar-refractivity contribution in [3.63, 3.8) is 0 Å². The largest absolute Gasteiger partial charge is 0.480 e. The molecule has 2 amide bonds.